The summed E-state index contributed by atoms with van der Waals surface area (Å²) < 4.78 is 0. The minimum atomic E-state index is -0.322. The van der Waals surface area contributed by atoms with Crippen molar-refractivity contribution in [1.82, 2.24) is 10.6 Å². The van der Waals surface area contributed by atoms with Gasteiger partial charge in [-0.25, -0.2) is 0 Å². The van der Waals surface area contributed by atoms with E-state index in [2.05, 4.69) is 10.6 Å². The zero-order valence-corrected chi connectivity index (χ0v) is 15.0. The molecule has 2 N–H and O–H groups in total. The number of amides is 2. The van der Waals surface area contributed by atoms with Gasteiger partial charge in [0.25, 0.3) is 0 Å². The average molecular weight is 377 g/mol. The van der Waals surface area contributed by atoms with Gasteiger partial charge in [0.1, 0.15) is 0 Å². The van der Waals surface area contributed by atoms with Crippen LogP contribution in [0.4, 0.5) is 0 Å². The number of hydrogen-bond donors (Lipinski definition) is 2. The predicted molar refractivity (Wildman–Crippen MR) is 102 cm³/mol. The summed E-state index contributed by atoms with van der Waals surface area (Å²) in [6.07, 6.45) is 3.65. The highest BCUT2D eigenvalue weighted by atomic mass is 35.5. The van der Waals surface area contributed by atoms with Crippen LogP contribution in [0.25, 0.3) is 6.08 Å². The number of carbonyl (C=O) groups is 2. The Hall–Kier alpha value is -2.30. The lowest BCUT2D eigenvalue weighted by Crippen LogP contribution is -2.37. The third-order valence-electron chi connectivity index (χ3n) is 3.40. The van der Waals surface area contributed by atoms with Gasteiger partial charge >= 0.3 is 0 Å². The molecule has 0 radical (unpaired) electrons. The molecule has 0 saturated heterocycles. The first kappa shape index (κ1) is 19.0. The quantitative estimate of drug-likeness (QED) is 0.726. The van der Waals surface area contributed by atoms with Crippen LogP contribution in [0, 0.1) is 0 Å². The normalized spacial score (nSPS) is 10.6. The highest BCUT2D eigenvalue weighted by Gasteiger charge is 2.06. The number of hydrogen-bond acceptors (Lipinski definition) is 2. The molecule has 2 aromatic carbocycles. The van der Waals surface area contributed by atoms with E-state index >= 15 is 0 Å². The van der Waals surface area contributed by atoms with Gasteiger partial charge in [0.15, 0.2) is 0 Å². The van der Waals surface area contributed by atoms with E-state index in [0.717, 1.165) is 11.1 Å². The van der Waals surface area contributed by atoms with Crippen molar-refractivity contribution in [2.75, 3.05) is 13.1 Å². The number of nitrogens with one attached hydrogen (secondary N) is 2. The van der Waals surface area contributed by atoms with E-state index < -0.39 is 0 Å². The third-order valence-corrected chi connectivity index (χ3v) is 4.26. The van der Waals surface area contributed by atoms with Crippen molar-refractivity contribution < 1.29 is 9.59 Å². The smallest absolute Gasteiger partial charge is 0.244 e. The molecule has 4 nitrogen and oxygen atoms in total. The highest BCUT2D eigenvalue weighted by molar-refractivity contribution is 6.42. The van der Waals surface area contributed by atoms with Gasteiger partial charge in [-0.3, -0.25) is 9.59 Å². The Labute approximate surface area is 156 Å². The van der Waals surface area contributed by atoms with E-state index in [-0.39, 0.29) is 18.4 Å². The van der Waals surface area contributed by atoms with Crippen molar-refractivity contribution in [3.8, 4) is 0 Å². The first-order valence-electron chi connectivity index (χ1n) is 7.77. The van der Waals surface area contributed by atoms with Gasteiger partial charge < -0.3 is 10.6 Å². The zero-order chi connectivity index (χ0) is 18.1. The van der Waals surface area contributed by atoms with Crippen molar-refractivity contribution in [2.45, 2.75) is 6.42 Å². The summed E-state index contributed by atoms with van der Waals surface area (Å²) in [4.78, 5) is 23.4. The van der Waals surface area contributed by atoms with E-state index in [4.69, 9.17) is 23.2 Å². The molecule has 2 amide bonds. The first-order valence-corrected chi connectivity index (χ1v) is 8.52. The molecule has 0 fully saturated rings. The third kappa shape index (κ3) is 6.61. The van der Waals surface area contributed by atoms with Crippen molar-refractivity contribution in [3.05, 3.63) is 75.8 Å². The fourth-order valence-electron chi connectivity index (χ4n) is 2.10. The number of carbonyl (C=O) groups excluding carboxylic acids is 2. The van der Waals surface area contributed by atoms with Crippen LogP contribution in [0.3, 0.4) is 0 Å². The number of rotatable bonds is 7. The van der Waals surface area contributed by atoms with E-state index in [0.29, 0.717) is 23.0 Å². The number of benzene rings is 2. The minimum Gasteiger partial charge on any atom is -0.354 e. The Bertz CT molecular complexity index is 761. The molecule has 0 atom stereocenters. The molecule has 0 spiro atoms. The Morgan fingerprint density at radius 1 is 0.960 bits per heavy atom. The lowest BCUT2D eigenvalue weighted by atomic mass is 10.1. The van der Waals surface area contributed by atoms with Gasteiger partial charge in [-0.05, 0) is 29.7 Å². The number of halogens is 2. The Morgan fingerprint density at radius 3 is 2.48 bits per heavy atom. The largest absolute Gasteiger partial charge is 0.354 e. The molecule has 2 rings (SSSR count). The maximum Gasteiger partial charge on any atom is 0.244 e. The molecule has 0 unspecified atom stereocenters. The summed E-state index contributed by atoms with van der Waals surface area (Å²) in [6, 6.07) is 14.8. The molecule has 0 bridgehead atoms. The van der Waals surface area contributed by atoms with Crippen LogP contribution in [0.2, 0.25) is 10.0 Å². The monoisotopic (exact) mass is 376 g/mol. The molecular weight excluding hydrogens is 359 g/mol. The summed E-state index contributed by atoms with van der Waals surface area (Å²) in [5, 5.41) is 6.25. The second-order valence-electron chi connectivity index (χ2n) is 5.27. The molecule has 2 aromatic rings. The predicted octanol–water partition coefficient (Wildman–Crippen LogP) is 3.48. The second kappa shape index (κ2) is 9.87. The van der Waals surface area contributed by atoms with Crippen molar-refractivity contribution in [1.29, 1.82) is 0 Å². The van der Waals surface area contributed by atoms with Crippen LogP contribution < -0.4 is 10.6 Å². The maximum absolute atomic E-state index is 11.8. The summed E-state index contributed by atoms with van der Waals surface area (Å²) in [5.41, 5.74) is 1.78. The molecule has 0 heterocycles. The lowest BCUT2D eigenvalue weighted by Gasteiger charge is -2.08. The van der Waals surface area contributed by atoms with E-state index in [1.807, 2.05) is 42.5 Å². The summed E-state index contributed by atoms with van der Waals surface area (Å²) in [5.74, 6) is -0.587. The van der Waals surface area contributed by atoms with Gasteiger partial charge in [-0.15, -0.1) is 0 Å². The standard InChI is InChI=1S/C19H18Cl2N2O2/c20-16-8-4-7-15(19(16)21)11-12-22-18(25)13-23-17(24)10-9-14-5-2-1-3-6-14/h1-10H,11-13H2,(H,22,25)(H,23,24)/b10-9+. The van der Waals surface area contributed by atoms with Crippen molar-refractivity contribution in [2.24, 2.45) is 0 Å². The van der Waals surface area contributed by atoms with Crippen LogP contribution in [0.15, 0.2) is 54.6 Å². The van der Waals surface area contributed by atoms with Gasteiger partial charge in [-0.1, -0.05) is 65.7 Å². The van der Waals surface area contributed by atoms with Crippen LogP contribution in [0.1, 0.15) is 11.1 Å². The molecular formula is C19H18Cl2N2O2. The fourth-order valence-corrected chi connectivity index (χ4v) is 2.52. The van der Waals surface area contributed by atoms with Gasteiger partial charge in [0.05, 0.1) is 16.6 Å². The topological polar surface area (TPSA) is 58.2 Å². The van der Waals surface area contributed by atoms with Crippen molar-refractivity contribution >= 4 is 41.1 Å². The molecule has 130 valence electrons. The maximum atomic E-state index is 11.8. The molecule has 0 aliphatic rings. The van der Waals surface area contributed by atoms with E-state index in [9.17, 15) is 9.59 Å². The van der Waals surface area contributed by atoms with Crippen molar-refractivity contribution in [3.63, 3.8) is 0 Å². The average Bonchev–Trinajstić information content (AvgIpc) is 2.62. The minimum absolute atomic E-state index is 0.0821. The van der Waals surface area contributed by atoms with Crippen LogP contribution in [-0.4, -0.2) is 24.9 Å². The summed E-state index contributed by atoms with van der Waals surface area (Å²) in [6.45, 7) is 0.329. The molecule has 0 aliphatic carbocycles. The first-order chi connectivity index (χ1) is 12.1. The molecule has 0 aromatic heterocycles. The van der Waals surface area contributed by atoms with E-state index in [1.165, 1.54) is 6.08 Å². The second-order valence-corrected chi connectivity index (χ2v) is 6.06. The summed E-state index contributed by atoms with van der Waals surface area (Å²) >= 11 is 12.0. The Balaban J connectivity index is 1.69. The van der Waals surface area contributed by atoms with Crippen LogP contribution >= 0.6 is 23.2 Å². The van der Waals surface area contributed by atoms with Crippen LogP contribution in [0.5, 0.6) is 0 Å². The SMILES string of the molecule is O=C(/C=C/c1ccccc1)NCC(=O)NCCc1cccc(Cl)c1Cl. The fraction of sp³-hybridized carbons (Fsp3) is 0.158. The Kier molecular flexibility index (Phi) is 7.51. The lowest BCUT2D eigenvalue weighted by molar-refractivity contribution is -0.123. The van der Waals surface area contributed by atoms with E-state index in [1.54, 1.807) is 12.1 Å². The van der Waals surface area contributed by atoms with Gasteiger partial charge in [0.2, 0.25) is 11.8 Å². The molecule has 25 heavy (non-hydrogen) atoms. The molecule has 6 heteroatoms. The van der Waals surface area contributed by atoms with Crippen LogP contribution in [-0.2, 0) is 16.0 Å². The molecule has 0 aliphatic heterocycles. The highest BCUT2D eigenvalue weighted by Crippen LogP contribution is 2.25. The molecule has 0 saturated carbocycles. The Morgan fingerprint density at radius 2 is 1.72 bits per heavy atom. The van der Waals surface area contributed by atoms with Gasteiger partial charge in [0, 0.05) is 12.6 Å². The van der Waals surface area contributed by atoms with Gasteiger partial charge in [-0.2, -0.15) is 0 Å². The zero-order valence-electron chi connectivity index (χ0n) is 13.5. The summed E-state index contributed by atoms with van der Waals surface area (Å²) in [7, 11) is 0.